The Hall–Kier alpha value is -2.32. The summed E-state index contributed by atoms with van der Waals surface area (Å²) in [7, 11) is 0. The number of aliphatic carboxylic acids is 2. The van der Waals surface area contributed by atoms with Gasteiger partial charge in [-0.2, -0.15) is 0 Å². The summed E-state index contributed by atoms with van der Waals surface area (Å²) in [5.74, 6) is -1.94. The molecule has 0 saturated carbocycles. The van der Waals surface area contributed by atoms with E-state index in [2.05, 4.69) is 5.32 Å². The first-order valence-corrected chi connectivity index (χ1v) is 7.23. The van der Waals surface area contributed by atoms with Gasteiger partial charge < -0.3 is 30.7 Å². The van der Waals surface area contributed by atoms with Crippen LogP contribution in [0.3, 0.4) is 0 Å². The largest absolute Gasteiger partial charge is 0.494 e. The van der Waals surface area contributed by atoms with Gasteiger partial charge in [0.05, 0.1) is 13.2 Å². The Morgan fingerprint density at radius 3 is 2.26 bits per heavy atom. The van der Waals surface area contributed by atoms with Crippen molar-refractivity contribution >= 4 is 11.9 Å². The molecule has 0 spiro atoms. The zero-order chi connectivity index (χ0) is 17.5. The van der Waals surface area contributed by atoms with Gasteiger partial charge >= 0.3 is 11.9 Å². The lowest BCUT2D eigenvalue weighted by atomic mass is 10.3. The third-order valence-corrected chi connectivity index (χ3v) is 2.39. The van der Waals surface area contributed by atoms with E-state index < -0.39 is 11.9 Å². The Bertz CT molecular complexity index is 455. The zero-order valence-electron chi connectivity index (χ0n) is 13.2. The van der Waals surface area contributed by atoms with Gasteiger partial charge in [-0.15, -0.1) is 0 Å². The lowest BCUT2D eigenvalue weighted by Gasteiger charge is -2.08. The monoisotopic (exact) mass is 328 g/mol. The van der Waals surface area contributed by atoms with Crippen LogP contribution in [0, 0.1) is 0 Å². The molecule has 1 rings (SSSR count). The molecule has 0 fully saturated rings. The fraction of sp³-hybridized carbons (Fsp3) is 0.467. The highest BCUT2D eigenvalue weighted by molar-refractivity contribution is 6.27. The van der Waals surface area contributed by atoms with Crippen LogP contribution in [0.15, 0.2) is 24.3 Å². The molecule has 1 aromatic rings. The van der Waals surface area contributed by atoms with E-state index >= 15 is 0 Å². The fourth-order valence-electron chi connectivity index (χ4n) is 1.43. The van der Waals surface area contributed by atoms with Crippen molar-refractivity contribution in [2.24, 2.45) is 5.73 Å². The van der Waals surface area contributed by atoms with Crippen LogP contribution in [0.1, 0.15) is 13.3 Å². The highest BCUT2D eigenvalue weighted by Gasteiger charge is 2.04. The second-order valence-electron chi connectivity index (χ2n) is 4.26. The average molecular weight is 328 g/mol. The third-order valence-electron chi connectivity index (χ3n) is 2.39. The first-order chi connectivity index (χ1) is 11.0. The first-order valence-electron chi connectivity index (χ1n) is 7.23. The van der Waals surface area contributed by atoms with Crippen LogP contribution in [-0.2, 0) is 9.59 Å². The summed E-state index contributed by atoms with van der Waals surface area (Å²) in [6.45, 7) is 5.82. The molecule has 0 amide bonds. The van der Waals surface area contributed by atoms with E-state index in [-0.39, 0.29) is 0 Å². The standard InChI is InChI=1S/C13H22N2O2.C2H2O4/c1-2-16-12-5-3-6-13(11-12)17-10-4-8-15-9-7-14;3-1(4)2(5)6/h3,5-6,11,15H,2,4,7-10,14H2,1H3;(H,3,4)(H,5,6). The number of hydrogen-bond donors (Lipinski definition) is 4. The van der Waals surface area contributed by atoms with Crippen LogP contribution >= 0.6 is 0 Å². The van der Waals surface area contributed by atoms with Gasteiger partial charge in [-0.1, -0.05) is 6.07 Å². The summed E-state index contributed by atoms with van der Waals surface area (Å²) >= 11 is 0. The van der Waals surface area contributed by atoms with E-state index in [1.54, 1.807) is 0 Å². The van der Waals surface area contributed by atoms with Crippen LogP contribution in [-0.4, -0.2) is 55.0 Å². The molecule has 8 nitrogen and oxygen atoms in total. The van der Waals surface area contributed by atoms with Crippen LogP contribution in [0.5, 0.6) is 11.5 Å². The number of rotatable bonds is 9. The molecule has 0 unspecified atom stereocenters. The molecular weight excluding hydrogens is 304 g/mol. The second-order valence-corrected chi connectivity index (χ2v) is 4.26. The minimum absolute atomic E-state index is 0.673. The molecule has 0 bridgehead atoms. The van der Waals surface area contributed by atoms with Crippen LogP contribution in [0.25, 0.3) is 0 Å². The Labute approximate surface area is 135 Å². The molecule has 0 atom stereocenters. The number of carboxylic acids is 2. The number of hydrogen-bond acceptors (Lipinski definition) is 6. The fourth-order valence-corrected chi connectivity index (χ4v) is 1.43. The van der Waals surface area contributed by atoms with Crippen LogP contribution < -0.4 is 20.5 Å². The first kappa shape index (κ1) is 20.7. The molecule has 0 aromatic heterocycles. The smallest absolute Gasteiger partial charge is 0.414 e. The summed E-state index contributed by atoms with van der Waals surface area (Å²) in [6, 6.07) is 7.72. The summed E-state index contributed by atoms with van der Waals surface area (Å²) in [4.78, 5) is 18.2. The summed E-state index contributed by atoms with van der Waals surface area (Å²) in [5, 5.41) is 18.0. The normalized spacial score (nSPS) is 9.48. The Morgan fingerprint density at radius 1 is 1.13 bits per heavy atom. The summed E-state index contributed by atoms with van der Waals surface area (Å²) in [6.07, 6.45) is 0.971. The number of nitrogens with two attached hydrogens (primary N) is 1. The quantitative estimate of drug-likeness (QED) is 0.382. The molecule has 8 heteroatoms. The van der Waals surface area contributed by atoms with E-state index in [0.29, 0.717) is 19.8 Å². The summed E-state index contributed by atoms with van der Waals surface area (Å²) in [5.41, 5.74) is 5.37. The van der Waals surface area contributed by atoms with Crippen molar-refractivity contribution in [3.63, 3.8) is 0 Å². The molecule has 130 valence electrons. The van der Waals surface area contributed by atoms with Gasteiger partial charge in [0.25, 0.3) is 0 Å². The van der Waals surface area contributed by atoms with Crippen molar-refractivity contribution in [2.45, 2.75) is 13.3 Å². The molecule has 23 heavy (non-hydrogen) atoms. The van der Waals surface area contributed by atoms with Gasteiger partial charge in [0, 0.05) is 19.2 Å². The minimum Gasteiger partial charge on any atom is -0.494 e. The van der Waals surface area contributed by atoms with E-state index in [0.717, 1.165) is 31.0 Å². The lowest BCUT2D eigenvalue weighted by molar-refractivity contribution is -0.159. The maximum atomic E-state index is 9.10. The van der Waals surface area contributed by atoms with Gasteiger partial charge in [0.1, 0.15) is 11.5 Å². The molecule has 0 aliphatic carbocycles. The third kappa shape index (κ3) is 12.0. The predicted molar refractivity (Wildman–Crippen MR) is 84.9 cm³/mol. The molecule has 0 saturated heterocycles. The lowest BCUT2D eigenvalue weighted by Crippen LogP contribution is -2.24. The number of ether oxygens (including phenoxy) is 2. The van der Waals surface area contributed by atoms with Crippen LogP contribution in [0.4, 0.5) is 0 Å². The molecular formula is C15H24N2O6. The predicted octanol–water partition coefficient (Wildman–Crippen LogP) is 0.558. The topological polar surface area (TPSA) is 131 Å². The van der Waals surface area contributed by atoms with Crippen molar-refractivity contribution in [1.29, 1.82) is 0 Å². The highest BCUT2D eigenvalue weighted by Crippen LogP contribution is 2.19. The Balaban J connectivity index is 0.000000688. The average Bonchev–Trinajstić information content (AvgIpc) is 2.52. The Kier molecular flexibility index (Phi) is 12.0. The number of benzene rings is 1. The van der Waals surface area contributed by atoms with E-state index in [4.69, 9.17) is 35.0 Å². The van der Waals surface area contributed by atoms with Gasteiger partial charge in [-0.25, -0.2) is 9.59 Å². The van der Waals surface area contributed by atoms with Crippen molar-refractivity contribution in [2.75, 3.05) is 32.8 Å². The number of carbonyl (C=O) groups is 2. The van der Waals surface area contributed by atoms with Crippen molar-refractivity contribution in [1.82, 2.24) is 5.32 Å². The Morgan fingerprint density at radius 2 is 1.74 bits per heavy atom. The van der Waals surface area contributed by atoms with Crippen molar-refractivity contribution in [3.8, 4) is 11.5 Å². The zero-order valence-corrected chi connectivity index (χ0v) is 13.2. The molecule has 5 N–H and O–H groups in total. The minimum atomic E-state index is -1.82. The highest BCUT2D eigenvalue weighted by atomic mass is 16.5. The number of carboxylic acid groups (broad SMARTS) is 2. The summed E-state index contributed by atoms with van der Waals surface area (Å²) < 4.78 is 11.0. The maximum absolute atomic E-state index is 9.10. The molecule has 0 aliphatic rings. The number of nitrogens with one attached hydrogen (secondary N) is 1. The maximum Gasteiger partial charge on any atom is 0.414 e. The van der Waals surface area contributed by atoms with Crippen molar-refractivity contribution in [3.05, 3.63) is 24.3 Å². The van der Waals surface area contributed by atoms with Crippen LogP contribution in [0.2, 0.25) is 0 Å². The SMILES string of the molecule is CCOc1cccc(OCCCNCCN)c1.O=C(O)C(=O)O. The van der Waals surface area contributed by atoms with E-state index in [1.165, 1.54) is 0 Å². The molecule has 0 heterocycles. The van der Waals surface area contributed by atoms with E-state index in [9.17, 15) is 0 Å². The van der Waals surface area contributed by atoms with Crippen molar-refractivity contribution < 1.29 is 29.3 Å². The van der Waals surface area contributed by atoms with Gasteiger partial charge in [-0.05, 0) is 32.0 Å². The van der Waals surface area contributed by atoms with Gasteiger partial charge in [0.15, 0.2) is 0 Å². The molecule has 1 aromatic carbocycles. The second kappa shape index (κ2) is 13.4. The molecule has 0 radical (unpaired) electrons. The van der Waals surface area contributed by atoms with Gasteiger partial charge in [-0.3, -0.25) is 0 Å². The molecule has 0 aliphatic heterocycles. The van der Waals surface area contributed by atoms with Gasteiger partial charge in [0.2, 0.25) is 0 Å². The van der Waals surface area contributed by atoms with E-state index in [1.807, 2.05) is 31.2 Å².